The highest BCUT2D eigenvalue weighted by Crippen LogP contribution is 2.54. The summed E-state index contributed by atoms with van der Waals surface area (Å²) in [5, 5.41) is 39.9. The van der Waals surface area contributed by atoms with Crippen LogP contribution in [0.15, 0.2) is 16.6 Å². The number of benzene rings is 1. The monoisotopic (exact) mass is 402 g/mol. The van der Waals surface area contributed by atoms with E-state index in [9.17, 15) is 20.4 Å². The average Bonchev–Trinajstić information content (AvgIpc) is 3.07. The van der Waals surface area contributed by atoms with Crippen molar-refractivity contribution in [2.75, 3.05) is 6.61 Å². The second-order valence-corrected chi connectivity index (χ2v) is 7.79. The van der Waals surface area contributed by atoms with E-state index >= 15 is 0 Å². The summed E-state index contributed by atoms with van der Waals surface area (Å²) < 4.78 is 12.3. The minimum Gasteiger partial charge on any atom is -0.462 e. The van der Waals surface area contributed by atoms with Gasteiger partial charge in [0, 0.05) is 4.47 Å². The molecule has 1 aliphatic carbocycles. The molecule has 1 heterocycles. The summed E-state index contributed by atoms with van der Waals surface area (Å²) in [6.45, 7) is 5.54. The van der Waals surface area contributed by atoms with E-state index in [1.54, 1.807) is 0 Å². The van der Waals surface area contributed by atoms with Crippen molar-refractivity contribution in [3.05, 3.63) is 27.7 Å². The Labute approximate surface area is 149 Å². The molecule has 1 aliphatic heterocycles. The summed E-state index contributed by atoms with van der Waals surface area (Å²) in [6.07, 6.45) is -4.37. The van der Waals surface area contributed by atoms with Crippen molar-refractivity contribution >= 4 is 15.9 Å². The van der Waals surface area contributed by atoms with Gasteiger partial charge in [-0.2, -0.15) is 0 Å². The van der Waals surface area contributed by atoms with Crippen LogP contribution in [0.25, 0.3) is 0 Å². The van der Waals surface area contributed by atoms with Gasteiger partial charge in [-0.15, -0.1) is 0 Å². The molecule has 1 saturated carbocycles. The fourth-order valence-corrected chi connectivity index (χ4v) is 4.35. The molecule has 7 heteroatoms. The van der Waals surface area contributed by atoms with Crippen LogP contribution in [0.1, 0.15) is 30.9 Å². The summed E-state index contributed by atoms with van der Waals surface area (Å²) >= 11 is 3.54. The molecule has 1 saturated heterocycles. The Morgan fingerprint density at radius 2 is 2.00 bits per heavy atom. The highest BCUT2D eigenvalue weighted by Gasteiger charge is 2.75. The van der Waals surface area contributed by atoms with E-state index in [-0.39, 0.29) is 5.92 Å². The molecule has 134 valence electrons. The lowest BCUT2D eigenvalue weighted by atomic mass is 10.0. The van der Waals surface area contributed by atoms with Gasteiger partial charge in [-0.05, 0) is 36.1 Å². The maximum Gasteiger partial charge on any atom is 0.227 e. The van der Waals surface area contributed by atoms with E-state index in [0.717, 1.165) is 15.6 Å². The van der Waals surface area contributed by atoms with Gasteiger partial charge in [0.1, 0.15) is 23.6 Å². The third-order valence-corrected chi connectivity index (χ3v) is 5.71. The Morgan fingerprint density at radius 3 is 2.58 bits per heavy atom. The molecule has 1 aromatic rings. The smallest absolute Gasteiger partial charge is 0.227 e. The quantitative estimate of drug-likeness (QED) is 0.600. The molecule has 4 unspecified atom stereocenters. The first-order valence-corrected chi connectivity index (χ1v) is 8.82. The van der Waals surface area contributed by atoms with Crippen LogP contribution in [0.3, 0.4) is 0 Å². The van der Waals surface area contributed by atoms with E-state index in [4.69, 9.17) is 9.47 Å². The third kappa shape index (κ3) is 2.67. The van der Waals surface area contributed by atoms with Crippen molar-refractivity contribution in [2.24, 2.45) is 5.92 Å². The highest BCUT2D eigenvalue weighted by molar-refractivity contribution is 9.10. The van der Waals surface area contributed by atoms with Crippen molar-refractivity contribution < 1.29 is 29.9 Å². The van der Waals surface area contributed by atoms with Crippen LogP contribution in [-0.4, -0.2) is 57.2 Å². The molecular weight excluding hydrogens is 380 g/mol. The second kappa shape index (κ2) is 6.23. The number of halogens is 1. The molecule has 3 rings (SSSR count). The van der Waals surface area contributed by atoms with Gasteiger partial charge in [-0.25, -0.2) is 0 Å². The molecule has 0 spiro atoms. The minimum absolute atomic E-state index is 0.278. The normalized spacial score (nSPS) is 38.1. The van der Waals surface area contributed by atoms with E-state index in [1.165, 1.54) is 0 Å². The van der Waals surface area contributed by atoms with Crippen LogP contribution in [0.2, 0.25) is 0 Å². The summed E-state index contributed by atoms with van der Waals surface area (Å²) in [7, 11) is 0. The first-order valence-electron chi connectivity index (χ1n) is 8.03. The molecular formula is C17H23BrO6. The lowest BCUT2D eigenvalue weighted by Gasteiger charge is -2.35. The number of ether oxygens (including phenoxy) is 2. The first kappa shape index (κ1) is 18.1. The molecule has 2 aliphatic rings. The number of hydrogen-bond donors (Lipinski definition) is 4. The predicted octanol–water partition coefficient (Wildman–Crippen LogP) is 1.06. The maximum atomic E-state index is 10.4. The second-order valence-electron chi connectivity index (χ2n) is 6.94. The van der Waals surface area contributed by atoms with Crippen LogP contribution in [0.5, 0.6) is 5.75 Å². The van der Waals surface area contributed by atoms with E-state index in [1.807, 2.05) is 19.1 Å². The van der Waals surface area contributed by atoms with Crippen LogP contribution in [0.4, 0.5) is 0 Å². The summed E-state index contributed by atoms with van der Waals surface area (Å²) in [6, 6.07) is 3.82. The van der Waals surface area contributed by atoms with Gasteiger partial charge in [0.25, 0.3) is 0 Å². The Morgan fingerprint density at radius 1 is 1.33 bits per heavy atom. The van der Waals surface area contributed by atoms with Crippen LogP contribution in [0, 0.1) is 12.8 Å². The van der Waals surface area contributed by atoms with Gasteiger partial charge >= 0.3 is 0 Å². The van der Waals surface area contributed by atoms with E-state index in [0.29, 0.717) is 5.75 Å². The summed E-state index contributed by atoms with van der Waals surface area (Å²) in [4.78, 5) is 0. The van der Waals surface area contributed by atoms with Gasteiger partial charge in [0.05, 0.1) is 18.6 Å². The highest BCUT2D eigenvalue weighted by atomic mass is 79.9. The standard InChI is InChI=1S/C17H23BrO6/c1-7(2)9-5-11(8(3)4-10(9)18)23-16-14(20)13-15(21)17(13,22)12(6-19)24-16/h4-5,7,12-16,19-22H,6H2,1-3H3/t12?,13-,14?,15?,16+,17?/m0/s1. The predicted molar refractivity (Wildman–Crippen MR) is 89.8 cm³/mol. The van der Waals surface area contributed by atoms with E-state index in [2.05, 4.69) is 29.8 Å². The zero-order valence-electron chi connectivity index (χ0n) is 13.8. The van der Waals surface area contributed by atoms with Crippen molar-refractivity contribution in [1.82, 2.24) is 0 Å². The summed E-state index contributed by atoms with van der Waals surface area (Å²) in [5.41, 5.74) is 0.314. The van der Waals surface area contributed by atoms with Gasteiger partial charge < -0.3 is 29.9 Å². The molecule has 0 amide bonds. The lowest BCUT2D eigenvalue weighted by molar-refractivity contribution is -0.245. The van der Waals surface area contributed by atoms with Crippen molar-refractivity contribution in [2.45, 2.75) is 56.9 Å². The Hall–Kier alpha value is -0.700. The third-order valence-electron chi connectivity index (χ3n) is 5.02. The maximum absolute atomic E-state index is 10.4. The molecule has 1 aromatic carbocycles. The number of hydrogen-bond acceptors (Lipinski definition) is 6. The fraction of sp³-hybridized carbons (Fsp3) is 0.647. The van der Waals surface area contributed by atoms with Crippen molar-refractivity contribution in [1.29, 1.82) is 0 Å². The van der Waals surface area contributed by atoms with Gasteiger partial charge in [0.15, 0.2) is 0 Å². The molecule has 2 fully saturated rings. The molecule has 0 bridgehead atoms. The number of rotatable bonds is 4. The van der Waals surface area contributed by atoms with Crippen LogP contribution >= 0.6 is 15.9 Å². The zero-order valence-corrected chi connectivity index (χ0v) is 15.4. The van der Waals surface area contributed by atoms with E-state index < -0.39 is 42.7 Å². The van der Waals surface area contributed by atoms with Gasteiger partial charge in [-0.1, -0.05) is 29.8 Å². The Balaban J connectivity index is 1.85. The van der Waals surface area contributed by atoms with Crippen molar-refractivity contribution in [3.8, 4) is 5.75 Å². The lowest BCUT2D eigenvalue weighted by Crippen LogP contribution is -2.52. The minimum atomic E-state index is -1.61. The average molecular weight is 403 g/mol. The Bertz CT molecular complexity index is 632. The topological polar surface area (TPSA) is 99.4 Å². The number of fused-ring (bicyclic) bond motifs is 1. The molecule has 0 aromatic heterocycles. The van der Waals surface area contributed by atoms with Crippen LogP contribution < -0.4 is 4.74 Å². The number of aryl methyl sites for hydroxylation is 1. The van der Waals surface area contributed by atoms with Gasteiger partial charge in [-0.3, -0.25) is 0 Å². The molecule has 6 atom stereocenters. The first-order chi connectivity index (χ1) is 11.2. The zero-order chi connectivity index (χ0) is 17.8. The Kier molecular flexibility index (Phi) is 4.70. The number of aliphatic hydroxyl groups excluding tert-OH is 3. The van der Waals surface area contributed by atoms with Crippen molar-refractivity contribution in [3.63, 3.8) is 0 Å². The SMILES string of the molecule is Cc1cc(Br)c(C(C)C)cc1O[C@@H]1OC(CO)C2(O)C(O)[C@@H]2C1O. The molecule has 0 radical (unpaired) electrons. The largest absolute Gasteiger partial charge is 0.462 e. The van der Waals surface area contributed by atoms with Gasteiger partial charge in [0.2, 0.25) is 6.29 Å². The molecule has 6 nitrogen and oxygen atoms in total. The fourth-order valence-electron chi connectivity index (χ4n) is 3.44. The number of aliphatic hydroxyl groups is 4. The molecule has 4 N–H and O–H groups in total. The molecule has 24 heavy (non-hydrogen) atoms. The summed E-state index contributed by atoms with van der Waals surface area (Å²) in [5.74, 6) is 0.0528. The van der Waals surface area contributed by atoms with Crippen LogP contribution in [-0.2, 0) is 4.74 Å².